The van der Waals surface area contributed by atoms with Crippen molar-refractivity contribution in [2.75, 3.05) is 6.54 Å². The van der Waals surface area contributed by atoms with Crippen LogP contribution in [0.1, 0.15) is 68.1 Å². The zero-order valence-corrected chi connectivity index (χ0v) is 30.3. The van der Waals surface area contributed by atoms with Crippen LogP contribution in [0.5, 0.6) is 5.19 Å². The number of ether oxygens (including phenoxy) is 1. The van der Waals surface area contributed by atoms with Gasteiger partial charge in [0.05, 0.1) is 40.4 Å². The topological polar surface area (TPSA) is 97.8 Å². The molecule has 4 aromatic rings. The Labute approximate surface area is 314 Å². The number of carbonyl (C=O) groups is 3. The molecule has 0 bridgehead atoms. The molecule has 7 rings (SSSR count). The fourth-order valence-electron chi connectivity index (χ4n) is 7.67. The van der Waals surface area contributed by atoms with Crippen molar-refractivity contribution in [2.24, 2.45) is 17.3 Å². The van der Waals surface area contributed by atoms with Crippen LogP contribution in [0.15, 0.2) is 84.9 Å². The number of allylic oxidation sites excluding steroid dienone is 2. The molecule has 2 amide bonds. The lowest BCUT2D eigenvalue weighted by Gasteiger charge is -2.29. The number of ketones is 1. The van der Waals surface area contributed by atoms with Gasteiger partial charge in [-0.05, 0) is 79.5 Å². The molecule has 8 nitrogen and oxygen atoms in total. The minimum absolute atomic E-state index is 0.131. The van der Waals surface area contributed by atoms with Gasteiger partial charge in [0.15, 0.2) is 5.78 Å². The first-order valence-electron chi connectivity index (χ1n) is 18.3. The summed E-state index contributed by atoms with van der Waals surface area (Å²) in [5, 5.41) is 0.317. The van der Waals surface area contributed by atoms with E-state index in [1.54, 1.807) is 11.0 Å². The number of hydroxylamine groups is 1. The van der Waals surface area contributed by atoms with E-state index in [0.717, 1.165) is 43.4 Å². The minimum atomic E-state index is -4.47. The molecule has 1 aromatic heterocycles. The maximum absolute atomic E-state index is 14.5. The third-order valence-corrected chi connectivity index (χ3v) is 11.7. The first-order valence-corrected chi connectivity index (χ1v) is 19.1. The van der Waals surface area contributed by atoms with Crippen LogP contribution in [0.4, 0.5) is 17.6 Å². The number of nitrogens with one attached hydrogen (secondary N) is 1. The zero-order chi connectivity index (χ0) is 37.9. The molecule has 0 radical (unpaired) electrons. The van der Waals surface area contributed by atoms with Gasteiger partial charge in [-0.3, -0.25) is 19.2 Å². The summed E-state index contributed by atoms with van der Waals surface area (Å²) in [6.45, 7) is -0.0108. The minimum Gasteiger partial charge on any atom is -0.465 e. The number of carbonyl (C=O) groups excluding carboxylic acids is 3. The number of amides is 2. The van der Waals surface area contributed by atoms with E-state index in [1.807, 2.05) is 36.4 Å². The van der Waals surface area contributed by atoms with Gasteiger partial charge in [-0.2, -0.15) is 13.2 Å². The Morgan fingerprint density at radius 2 is 1.80 bits per heavy atom. The molecule has 1 N–H and O–H groups in total. The maximum Gasteiger partial charge on any atom is 0.416 e. The van der Waals surface area contributed by atoms with Crippen molar-refractivity contribution >= 4 is 39.2 Å². The average Bonchev–Trinajstić information content (AvgIpc) is 3.44. The molecule has 0 spiro atoms. The number of Topliss-reactive ketones (excluding diaryl/α,β-unsaturated/α-hetero) is 1. The quantitative estimate of drug-likeness (QED) is 0.110. The Morgan fingerprint density at radius 1 is 1.00 bits per heavy atom. The fourth-order valence-corrected chi connectivity index (χ4v) is 8.58. The molecule has 13 heteroatoms. The van der Waals surface area contributed by atoms with Crippen molar-refractivity contribution in [3.05, 3.63) is 107 Å². The standard InChI is InChI=1S/C41H41F4N3O5S/c42-31-17-18-33-36(20-31)54-39(46-33)53-32-21-34-35(49)23-40(38(51)47-52-25-27-13-15-29(16-14-27)41(43,44)45)22-30(40)12-8-3-1-2-7-11-28(37(50)48(34)24-32)19-26-9-5-4-6-10-26/h4-6,8-10,12-18,20,28,30,32,34H,1-3,7,11,19,21-25H2,(H,47,51)/b12-8-/t28-,30-,32-,34+,40-/m1/s1. The highest BCUT2D eigenvalue weighted by Gasteiger charge is 2.61. The van der Waals surface area contributed by atoms with E-state index in [9.17, 15) is 31.9 Å². The molecular weight excluding hydrogens is 723 g/mol. The Hall–Kier alpha value is -4.62. The number of hydrogen-bond acceptors (Lipinski definition) is 7. The Morgan fingerprint density at radius 3 is 2.57 bits per heavy atom. The highest BCUT2D eigenvalue weighted by Crippen LogP contribution is 2.57. The third-order valence-electron chi connectivity index (χ3n) is 10.7. The zero-order valence-electron chi connectivity index (χ0n) is 29.5. The second kappa shape index (κ2) is 16.0. The first-order chi connectivity index (χ1) is 26.0. The van der Waals surface area contributed by atoms with Crippen molar-refractivity contribution < 1.29 is 41.5 Å². The van der Waals surface area contributed by atoms with Gasteiger partial charge in [-0.15, -0.1) is 0 Å². The fraction of sp³-hybridized carbons (Fsp3) is 0.415. The normalized spacial score (nSPS) is 25.7. The van der Waals surface area contributed by atoms with Gasteiger partial charge in [0.2, 0.25) is 5.91 Å². The van der Waals surface area contributed by atoms with Gasteiger partial charge in [0, 0.05) is 18.8 Å². The van der Waals surface area contributed by atoms with E-state index in [2.05, 4.69) is 16.5 Å². The third kappa shape index (κ3) is 8.68. The average molecular weight is 764 g/mol. The number of thiazole rings is 1. The van der Waals surface area contributed by atoms with Crippen molar-refractivity contribution in [1.29, 1.82) is 0 Å². The molecular formula is C41H41F4N3O5S. The van der Waals surface area contributed by atoms with Crippen LogP contribution >= 0.6 is 11.3 Å². The van der Waals surface area contributed by atoms with Gasteiger partial charge < -0.3 is 9.64 Å². The van der Waals surface area contributed by atoms with Crippen LogP contribution in [-0.4, -0.2) is 46.2 Å². The SMILES string of the molecule is O=C1C[C@]2(C(=O)NOCc3ccc(C(F)(F)F)cc3)C[C@H]2/C=C\CCCCC[C@H](Cc2ccccc2)C(=O)N2C[C@H](Oc3nc4ccc(F)cc4s3)C[C@@H]12. The van der Waals surface area contributed by atoms with E-state index in [-0.39, 0.29) is 55.3 Å². The molecule has 1 aliphatic carbocycles. The highest BCUT2D eigenvalue weighted by atomic mass is 32.1. The Balaban J connectivity index is 1.11. The summed E-state index contributed by atoms with van der Waals surface area (Å²) in [5.41, 5.74) is 2.62. The predicted molar refractivity (Wildman–Crippen MR) is 195 cm³/mol. The number of benzene rings is 3. The summed E-state index contributed by atoms with van der Waals surface area (Å²) in [4.78, 5) is 54.4. The van der Waals surface area contributed by atoms with Crippen LogP contribution in [0, 0.1) is 23.1 Å². The number of halogens is 4. The van der Waals surface area contributed by atoms with E-state index >= 15 is 0 Å². The Kier molecular flexibility index (Phi) is 11.2. The van der Waals surface area contributed by atoms with Gasteiger partial charge in [0.1, 0.15) is 11.9 Å². The van der Waals surface area contributed by atoms with E-state index < -0.39 is 35.2 Å². The summed E-state index contributed by atoms with van der Waals surface area (Å²) < 4.78 is 59.8. The predicted octanol–water partition coefficient (Wildman–Crippen LogP) is 8.40. The maximum atomic E-state index is 14.5. The van der Waals surface area contributed by atoms with Crippen molar-refractivity contribution in [3.63, 3.8) is 0 Å². The molecule has 0 unspecified atom stereocenters. The second-order valence-corrected chi connectivity index (χ2v) is 15.5. The van der Waals surface area contributed by atoms with Crippen molar-refractivity contribution in [2.45, 2.75) is 82.7 Å². The largest absolute Gasteiger partial charge is 0.465 e. The lowest BCUT2D eigenvalue weighted by atomic mass is 9.90. The number of rotatable bonds is 8. The Bertz CT molecular complexity index is 2000. The molecule has 3 aliphatic rings. The van der Waals surface area contributed by atoms with Crippen molar-refractivity contribution in [1.82, 2.24) is 15.4 Å². The molecule has 284 valence electrons. The molecule has 5 atom stereocenters. The lowest BCUT2D eigenvalue weighted by molar-refractivity contribution is -0.145. The van der Waals surface area contributed by atoms with Crippen LogP contribution < -0.4 is 10.2 Å². The van der Waals surface area contributed by atoms with E-state index in [1.165, 1.54) is 35.6 Å². The first kappa shape index (κ1) is 37.7. The van der Waals surface area contributed by atoms with E-state index in [0.29, 0.717) is 40.2 Å². The summed E-state index contributed by atoms with van der Waals surface area (Å²) in [7, 11) is 0. The van der Waals surface area contributed by atoms with Crippen LogP contribution in [0.2, 0.25) is 0 Å². The molecule has 2 aliphatic heterocycles. The van der Waals surface area contributed by atoms with Gasteiger partial charge >= 0.3 is 6.18 Å². The van der Waals surface area contributed by atoms with Gasteiger partial charge in [-0.25, -0.2) is 14.9 Å². The summed E-state index contributed by atoms with van der Waals surface area (Å²) in [6.07, 6.45) is 4.15. The number of aromatic nitrogens is 1. The summed E-state index contributed by atoms with van der Waals surface area (Å²) in [5.74, 6) is -1.86. The van der Waals surface area contributed by atoms with Gasteiger partial charge in [0.25, 0.3) is 11.1 Å². The van der Waals surface area contributed by atoms with Gasteiger partial charge in [-0.1, -0.05) is 78.8 Å². The molecule has 1 saturated carbocycles. The second-order valence-electron chi connectivity index (χ2n) is 14.6. The number of hydrogen-bond donors (Lipinski definition) is 1. The monoisotopic (exact) mass is 763 g/mol. The molecule has 54 heavy (non-hydrogen) atoms. The number of alkyl halides is 3. The lowest BCUT2D eigenvalue weighted by Crippen LogP contribution is -2.46. The molecule has 1 saturated heterocycles. The van der Waals surface area contributed by atoms with Crippen LogP contribution in [-0.2, 0) is 38.4 Å². The highest BCUT2D eigenvalue weighted by molar-refractivity contribution is 7.20. The molecule has 3 aromatic carbocycles. The van der Waals surface area contributed by atoms with Crippen LogP contribution in [0.3, 0.4) is 0 Å². The van der Waals surface area contributed by atoms with Crippen LogP contribution in [0.25, 0.3) is 10.2 Å². The molecule has 3 heterocycles. The summed E-state index contributed by atoms with van der Waals surface area (Å²) >= 11 is 1.19. The number of nitrogens with zero attached hydrogens (tertiary/aromatic N) is 2. The molecule has 2 fully saturated rings. The number of fused-ring (bicyclic) bond motifs is 3. The van der Waals surface area contributed by atoms with Crippen molar-refractivity contribution in [3.8, 4) is 5.19 Å². The summed E-state index contributed by atoms with van der Waals surface area (Å²) in [6, 6.07) is 17.7. The van der Waals surface area contributed by atoms with E-state index in [4.69, 9.17) is 9.57 Å². The smallest absolute Gasteiger partial charge is 0.416 e.